The molecule has 0 aliphatic heterocycles. The lowest BCUT2D eigenvalue weighted by Crippen LogP contribution is -2.47. The van der Waals surface area contributed by atoms with Gasteiger partial charge in [0, 0.05) is 12.3 Å². The maximum Gasteiger partial charge on any atom is 0.328 e. The fraction of sp³-hybridized carbons (Fsp3) is 0.458. The summed E-state index contributed by atoms with van der Waals surface area (Å²) in [4.78, 5) is 29.2. The predicted molar refractivity (Wildman–Crippen MR) is 120 cm³/mol. The monoisotopic (exact) mass is 444 g/mol. The van der Waals surface area contributed by atoms with Gasteiger partial charge in [0.1, 0.15) is 24.0 Å². The van der Waals surface area contributed by atoms with Crippen molar-refractivity contribution in [2.75, 3.05) is 7.11 Å². The van der Waals surface area contributed by atoms with Crippen LogP contribution in [0.2, 0.25) is 0 Å². The average Bonchev–Trinajstić information content (AvgIpc) is 2.76. The third kappa shape index (κ3) is 6.35. The van der Waals surface area contributed by atoms with E-state index in [4.69, 9.17) is 14.2 Å². The standard InChI is InChI=1S/C24H32N2O6/c1-14(2)21(31-17-10-8-7-9-11-17)22(15(3)4)32-24(29)16(5)26-23(28)19-20(27)18(30-6)12-13-25-19/h7-16,21-22,27H,1-6H3,(H,26,28)/t16-,21+,22+/m0/s1. The maximum absolute atomic E-state index is 12.8. The molecule has 0 bridgehead atoms. The normalized spacial score (nSPS) is 13.9. The van der Waals surface area contributed by atoms with E-state index in [2.05, 4.69) is 10.3 Å². The number of methoxy groups -OCH3 is 1. The van der Waals surface area contributed by atoms with Crippen molar-refractivity contribution in [3.8, 4) is 17.2 Å². The minimum atomic E-state index is -0.972. The lowest BCUT2D eigenvalue weighted by Gasteiger charge is -2.33. The van der Waals surface area contributed by atoms with Gasteiger partial charge in [0.25, 0.3) is 5.91 Å². The Morgan fingerprint density at radius 2 is 1.59 bits per heavy atom. The van der Waals surface area contributed by atoms with Crippen LogP contribution in [0.3, 0.4) is 0 Å². The minimum absolute atomic E-state index is 0.0259. The molecule has 0 saturated heterocycles. The van der Waals surface area contributed by atoms with E-state index >= 15 is 0 Å². The number of rotatable bonds is 10. The van der Waals surface area contributed by atoms with Crippen LogP contribution >= 0.6 is 0 Å². The van der Waals surface area contributed by atoms with E-state index in [1.54, 1.807) is 0 Å². The molecule has 3 atom stereocenters. The zero-order valence-electron chi connectivity index (χ0n) is 19.4. The molecule has 0 fully saturated rings. The Kier molecular flexibility index (Phi) is 8.87. The summed E-state index contributed by atoms with van der Waals surface area (Å²) >= 11 is 0. The van der Waals surface area contributed by atoms with Crippen molar-refractivity contribution >= 4 is 11.9 Å². The van der Waals surface area contributed by atoms with Gasteiger partial charge in [-0.3, -0.25) is 4.79 Å². The van der Waals surface area contributed by atoms with Crippen LogP contribution in [0.5, 0.6) is 17.2 Å². The number of hydrogen-bond acceptors (Lipinski definition) is 7. The number of carbonyl (C=O) groups excluding carboxylic acids is 2. The summed E-state index contributed by atoms with van der Waals surface area (Å²) in [6.45, 7) is 9.40. The van der Waals surface area contributed by atoms with Gasteiger partial charge in [-0.25, -0.2) is 9.78 Å². The number of hydrogen-bond donors (Lipinski definition) is 2. The van der Waals surface area contributed by atoms with Gasteiger partial charge in [-0.2, -0.15) is 0 Å². The average molecular weight is 445 g/mol. The van der Waals surface area contributed by atoms with Gasteiger partial charge in [0.15, 0.2) is 17.2 Å². The van der Waals surface area contributed by atoms with Crippen molar-refractivity contribution in [3.05, 3.63) is 48.3 Å². The van der Waals surface area contributed by atoms with Crippen LogP contribution in [0.25, 0.3) is 0 Å². The van der Waals surface area contributed by atoms with Crippen LogP contribution in [0.1, 0.15) is 45.1 Å². The smallest absolute Gasteiger partial charge is 0.328 e. The lowest BCUT2D eigenvalue weighted by atomic mass is 9.93. The van der Waals surface area contributed by atoms with Gasteiger partial charge < -0.3 is 24.6 Å². The zero-order valence-corrected chi connectivity index (χ0v) is 19.4. The zero-order chi connectivity index (χ0) is 23.8. The molecule has 0 aliphatic carbocycles. The molecule has 174 valence electrons. The second kappa shape index (κ2) is 11.4. The Balaban J connectivity index is 2.11. The molecule has 1 aromatic carbocycles. The van der Waals surface area contributed by atoms with Crippen LogP contribution < -0.4 is 14.8 Å². The number of carbonyl (C=O) groups is 2. The molecule has 2 aromatic rings. The fourth-order valence-electron chi connectivity index (χ4n) is 3.15. The van der Waals surface area contributed by atoms with Crippen molar-refractivity contribution in [2.45, 2.75) is 52.9 Å². The number of benzene rings is 1. The summed E-state index contributed by atoms with van der Waals surface area (Å²) in [6, 6.07) is 9.81. The topological polar surface area (TPSA) is 107 Å². The number of ether oxygens (including phenoxy) is 3. The first-order valence-corrected chi connectivity index (χ1v) is 10.6. The van der Waals surface area contributed by atoms with Crippen molar-refractivity contribution in [2.24, 2.45) is 11.8 Å². The molecule has 1 amide bonds. The van der Waals surface area contributed by atoms with E-state index in [9.17, 15) is 14.7 Å². The fourth-order valence-corrected chi connectivity index (χ4v) is 3.15. The third-order valence-corrected chi connectivity index (χ3v) is 4.93. The number of aromatic nitrogens is 1. The van der Waals surface area contributed by atoms with Crippen LogP contribution in [0.4, 0.5) is 0 Å². The largest absolute Gasteiger partial charge is 0.503 e. The van der Waals surface area contributed by atoms with Crippen LogP contribution in [0, 0.1) is 11.8 Å². The first-order chi connectivity index (χ1) is 15.1. The molecule has 0 spiro atoms. The lowest BCUT2D eigenvalue weighted by molar-refractivity contribution is -0.161. The Morgan fingerprint density at radius 1 is 0.969 bits per heavy atom. The Morgan fingerprint density at radius 3 is 2.16 bits per heavy atom. The van der Waals surface area contributed by atoms with Gasteiger partial charge in [0.2, 0.25) is 0 Å². The molecule has 32 heavy (non-hydrogen) atoms. The van der Waals surface area contributed by atoms with E-state index in [0.29, 0.717) is 5.75 Å². The summed E-state index contributed by atoms with van der Waals surface area (Å²) in [5.41, 5.74) is -0.239. The molecule has 1 aromatic heterocycles. The second-order valence-electron chi connectivity index (χ2n) is 8.19. The molecular weight excluding hydrogens is 412 g/mol. The highest BCUT2D eigenvalue weighted by molar-refractivity contribution is 5.97. The van der Waals surface area contributed by atoms with Gasteiger partial charge in [0.05, 0.1) is 7.11 Å². The van der Waals surface area contributed by atoms with E-state index in [1.807, 2.05) is 58.0 Å². The molecule has 0 aliphatic rings. The number of para-hydroxylation sites is 1. The Labute approximate surface area is 188 Å². The van der Waals surface area contributed by atoms with Gasteiger partial charge in [-0.1, -0.05) is 45.9 Å². The molecule has 1 heterocycles. The number of nitrogens with zero attached hydrogens (tertiary/aromatic N) is 1. The molecule has 0 radical (unpaired) electrons. The predicted octanol–water partition coefficient (Wildman–Crippen LogP) is 3.59. The van der Waals surface area contributed by atoms with Crippen molar-refractivity contribution in [1.29, 1.82) is 0 Å². The number of aromatic hydroxyl groups is 1. The molecule has 8 heteroatoms. The molecule has 0 unspecified atom stereocenters. The van der Waals surface area contributed by atoms with Crippen molar-refractivity contribution < 1.29 is 28.9 Å². The van der Waals surface area contributed by atoms with E-state index in [1.165, 1.54) is 26.3 Å². The first-order valence-electron chi connectivity index (χ1n) is 10.6. The first kappa shape index (κ1) is 25.0. The van der Waals surface area contributed by atoms with Gasteiger partial charge in [-0.15, -0.1) is 0 Å². The van der Waals surface area contributed by atoms with Gasteiger partial charge >= 0.3 is 5.97 Å². The highest BCUT2D eigenvalue weighted by atomic mass is 16.6. The SMILES string of the molecule is COc1ccnc(C(=O)N[C@@H](C)C(=O)O[C@H](C(C)C)[C@H](Oc2ccccc2)C(C)C)c1O. The van der Waals surface area contributed by atoms with Crippen LogP contribution in [-0.4, -0.2) is 47.3 Å². The Bertz CT molecular complexity index is 901. The molecular formula is C24H32N2O6. The number of nitrogens with one attached hydrogen (secondary N) is 1. The second-order valence-corrected chi connectivity index (χ2v) is 8.19. The van der Waals surface area contributed by atoms with Crippen LogP contribution in [0.15, 0.2) is 42.6 Å². The molecule has 2 N–H and O–H groups in total. The van der Waals surface area contributed by atoms with E-state index in [0.717, 1.165) is 0 Å². The van der Waals surface area contributed by atoms with E-state index < -0.39 is 29.8 Å². The summed E-state index contributed by atoms with van der Waals surface area (Å²) < 4.78 is 16.9. The van der Waals surface area contributed by atoms with Crippen LogP contribution in [-0.2, 0) is 9.53 Å². The third-order valence-electron chi connectivity index (χ3n) is 4.93. The minimum Gasteiger partial charge on any atom is -0.503 e. The summed E-state index contributed by atoms with van der Waals surface area (Å²) in [7, 11) is 1.37. The molecule has 2 rings (SSSR count). The Hall–Kier alpha value is -3.29. The summed E-state index contributed by atoms with van der Waals surface area (Å²) in [5, 5.41) is 12.6. The van der Waals surface area contributed by atoms with Gasteiger partial charge in [-0.05, 0) is 30.9 Å². The number of amides is 1. The molecule has 8 nitrogen and oxygen atoms in total. The highest BCUT2D eigenvalue weighted by Gasteiger charge is 2.34. The highest BCUT2D eigenvalue weighted by Crippen LogP contribution is 2.28. The number of pyridine rings is 1. The number of esters is 1. The quantitative estimate of drug-likeness (QED) is 0.539. The van der Waals surface area contributed by atoms with Crippen molar-refractivity contribution in [3.63, 3.8) is 0 Å². The summed E-state index contributed by atoms with van der Waals surface area (Å²) in [6.07, 6.45) is 0.415. The summed E-state index contributed by atoms with van der Waals surface area (Å²) in [5.74, 6) is -0.883. The molecule has 0 saturated carbocycles. The van der Waals surface area contributed by atoms with Crippen molar-refractivity contribution in [1.82, 2.24) is 10.3 Å². The maximum atomic E-state index is 12.8. The van der Waals surface area contributed by atoms with E-state index in [-0.39, 0.29) is 29.4 Å².